The summed E-state index contributed by atoms with van der Waals surface area (Å²) in [6.45, 7) is 3.90. The summed E-state index contributed by atoms with van der Waals surface area (Å²) in [7, 11) is 0. The zero-order valence-electron chi connectivity index (χ0n) is 11.3. The maximum atomic E-state index is 13.8. The molecular weight excluding hydrogens is 264 g/mol. The molecular formula is C13H17F2N5. The molecule has 0 amide bonds. The molecule has 7 heteroatoms. The van der Waals surface area contributed by atoms with Gasteiger partial charge in [0.2, 0.25) is 0 Å². The van der Waals surface area contributed by atoms with Crippen molar-refractivity contribution in [2.75, 3.05) is 0 Å². The van der Waals surface area contributed by atoms with Crippen molar-refractivity contribution in [1.82, 2.24) is 20.2 Å². The standard InChI is InChI=1S/C13H17F2N5/c1-8(2)20-12(17-7-18-20)6-11(19-16)13-9(14)4-3-5-10(13)15/h3-5,7-8,11,19H,6,16H2,1-2H3. The van der Waals surface area contributed by atoms with E-state index in [1.54, 1.807) is 4.68 Å². The van der Waals surface area contributed by atoms with Crippen molar-refractivity contribution < 1.29 is 8.78 Å². The highest BCUT2D eigenvalue weighted by Gasteiger charge is 2.22. The van der Waals surface area contributed by atoms with Gasteiger partial charge in [-0.05, 0) is 26.0 Å². The second kappa shape index (κ2) is 6.06. The van der Waals surface area contributed by atoms with Crippen LogP contribution in [0.15, 0.2) is 24.5 Å². The molecule has 1 atom stereocenters. The number of nitrogens with one attached hydrogen (secondary N) is 1. The molecule has 0 bridgehead atoms. The maximum Gasteiger partial charge on any atom is 0.138 e. The average molecular weight is 281 g/mol. The van der Waals surface area contributed by atoms with Crippen molar-refractivity contribution in [3.8, 4) is 0 Å². The lowest BCUT2D eigenvalue weighted by molar-refractivity contribution is 0.441. The molecule has 2 rings (SSSR count). The predicted octanol–water partition coefficient (Wildman–Crippen LogP) is 1.88. The Kier molecular flexibility index (Phi) is 4.41. The topological polar surface area (TPSA) is 68.8 Å². The minimum Gasteiger partial charge on any atom is -0.271 e. The number of hydrogen-bond donors (Lipinski definition) is 2. The highest BCUT2D eigenvalue weighted by molar-refractivity contribution is 5.24. The first-order chi connectivity index (χ1) is 9.54. The third kappa shape index (κ3) is 2.83. The molecule has 1 aromatic heterocycles. The van der Waals surface area contributed by atoms with Crippen molar-refractivity contribution in [1.29, 1.82) is 0 Å². The Hall–Kier alpha value is -1.86. The van der Waals surface area contributed by atoms with Crippen LogP contribution in [-0.4, -0.2) is 14.8 Å². The molecule has 1 unspecified atom stereocenters. The summed E-state index contributed by atoms with van der Waals surface area (Å²) < 4.78 is 29.3. The van der Waals surface area contributed by atoms with Crippen LogP contribution in [0.5, 0.6) is 0 Å². The van der Waals surface area contributed by atoms with E-state index in [1.807, 2.05) is 13.8 Å². The lowest BCUT2D eigenvalue weighted by atomic mass is 10.0. The first kappa shape index (κ1) is 14.5. The Morgan fingerprint density at radius 2 is 1.95 bits per heavy atom. The van der Waals surface area contributed by atoms with Crippen LogP contribution in [0.3, 0.4) is 0 Å². The highest BCUT2D eigenvalue weighted by atomic mass is 19.1. The van der Waals surface area contributed by atoms with E-state index >= 15 is 0 Å². The zero-order valence-corrected chi connectivity index (χ0v) is 11.3. The molecule has 1 aromatic carbocycles. The summed E-state index contributed by atoms with van der Waals surface area (Å²) in [5.41, 5.74) is 2.35. The number of rotatable bonds is 5. The van der Waals surface area contributed by atoms with Crippen molar-refractivity contribution in [3.05, 3.63) is 47.5 Å². The largest absolute Gasteiger partial charge is 0.271 e. The van der Waals surface area contributed by atoms with Crippen molar-refractivity contribution in [2.45, 2.75) is 32.4 Å². The summed E-state index contributed by atoms with van der Waals surface area (Å²) in [6, 6.07) is 3.12. The normalized spacial score (nSPS) is 12.9. The predicted molar refractivity (Wildman–Crippen MR) is 70.5 cm³/mol. The Labute approximate surface area is 115 Å². The van der Waals surface area contributed by atoms with Gasteiger partial charge in [0.25, 0.3) is 0 Å². The Bertz CT molecular complexity index is 562. The molecule has 0 aliphatic heterocycles. The molecule has 2 aromatic rings. The van der Waals surface area contributed by atoms with E-state index in [1.165, 1.54) is 24.5 Å². The molecule has 1 heterocycles. The summed E-state index contributed by atoms with van der Waals surface area (Å²) in [4.78, 5) is 4.12. The number of hydrogen-bond acceptors (Lipinski definition) is 4. The third-order valence-corrected chi connectivity index (χ3v) is 3.07. The molecule has 5 nitrogen and oxygen atoms in total. The fourth-order valence-electron chi connectivity index (χ4n) is 2.12. The number of hydrazine groups is 1. The van der Waals surface area contributed by atoms with Gasteiger partial charge in [0.15, 0.2) is 0 Å². The lowest BCUT2D eigenvalue weighted by Gasteiger charge is -2.18. The number of nitrogens with zero attached hydrogens (tertiary/aromatic N) is 3. The van der Waals surface area contributed by atoms with Crippen LogP contribution in [0.2, 0.25) is 0 Å². The van der Waals surface area contributed by atoms with Crippen LogP contribution < -0.4 is 11.3 Å². The van der Waals surface area contributed by atoms with Gasteiger partial charge in [0, 0.05) is 18.0 Å². The van der Waals surface area contributed by atoms with E-state index in [2.05, 4.69) is 15.5 Å². The first-order valence-electron chi connectivity index (χ1n) is 6.33. The van der Waals surface area contributed by atoms with E-state index in [-0.39, 0.29) is 18.0 Å². The molecule has 3 N–H and O–H groups in total. The van der Waals surface area contributed by atoms with Gasteiger partial charge in [-0.3, -0.25) is 11.3 Å². The third-order valence-electron chi connectivity index (χ3n) is 3.07. The Morgan fingerprint density at radius 3 is 2.50 bits per heavy atom. The molecule has 0 saturated heterocycles. The van der Waals surface area contributed by atoms with Gasteiger partial charge in [0.05, 0.1) is 6.04 Å². The summed E-state index contributed by atoms with van der Waals surface area (Å²) >= 11 is 0. The quantitative estimate of drug-likeness (QED) is 0.648. The van der Waals surface area contributed by atoms with E-state index < -0.39 is 17.7 Å². The number of nitrogens with two attached hydrogens (primary N) is 1. The maximum absolute atomic E-state index is 13.8. The molecule has 0 aliphatic carbocycles. The van der Waals surface area contributed by atoms with Crippen LogP contribution in [0.1, 0.15) is 37.3 Å². The molecule has 0 aliphatic rings. The van der Waals surface area contributed by atoms with Crippen molar-refractivity contribution in [2.24, 2.45) is 5.84 Å². The molecule has 0 spiro atoms. The monoisotopic (exact) mass is 281 g/mol. The van der Waals surface area contributed by atoms with Gasteiger partial charge in [-0.1, -0.05) is 6.07 Å². The zero-order chi connectivity index (χ0) is 14.7. The van der Waals surface area contributed by atoms with E-state index in [0.717, 1.165) is 0 Å². The van der Waals surface area contributed by atoms with Gasteiger partial charge in [0.1, 0.15) is 23.8 Å². The van der Waals surface area contributed by atoms with Crippen LogP contribution in [0.4, 0.5) is 8.78 Å². The second-order valence-corrected chi connectivity index (χ2v) is 4.77. The van der Waals surface area contributed by atoms with Gasteiger partial charge in [-0.25, -0.2) is 18.4 Å². The lowest BCUT2D eigenvalue weighted by Crippen LogP contribution is -2.32. The number of halogens is 2. The van der Waals surface area contributed by atoms with Gasteiger partial charge >= 0.3 is 0 Å². The number of aromatic nitrogens is 3. The molecule has 0 radical (unpaired) electrons. The molecule has 108 valence electrons. The SMILES string of the molecule is CC(C)n1ncnc1CC(NN)c1c(F)cccc1F. The average Bonchev–Trinajstić information content (AvgIpc) is 2.85. The van der Waals surface area contributed by atoms with Gasteiger partial charge < -0.3 is 0 Å². The van der Waals surface area contributed by atoms with Crippen LogP contribution in [-0.2, 0) is 6.42 Å². The van der Waals surface area contributed by atoms with Gasteiger partial charge in [-0.2, -0.15) is 5.10 Å². The fraction of sp³-hybridized carbons (Fsp3) is 0.385. The summed E-state index contributed by atoms with van der Waals surface area (Å²) in [6.07, 6.45) is 1.66. The Balaban J connectivity index is 2.32. The fourth-order valence-corrected chi connectivity index (χ4v) is 2.12. The van der Waals surface area contributed by atoms with Gasteiger partial charge in [-0.15, -0.1) is 0 Å². The van der Waals surface area contributed by atoms with Crippen LogP contribution in [0, 0.1) is 11.6 Å². The van der Waals surface area contributed by atoms with Crippen LogP contribution in [0.25, 0.3) is 0 Å². The molecule has 0 saturated carbocycles. The minimum atomic E-state index is -0.710. The van der Waals surface area contributed by atoms with Crippen molar-refractivity contribution in [3.63, 3.8) is 0 Å². The Morgan fingerprint density at radius 1 is 1.30 bits per heavy atom. The van der Waals surface area contributed by atoms with E-state index in [0.29, 0.717) is 5.82 Å². The minimum absolute atomic E-state index is 0.0895. The molecule has 0 fully saturated rings. The van der Waals surface area contributed by atoms with Crippen molar-refractivity contribution >= 4 is 0 Å². The van der Waals surface area contributed by atoms with E-state index in [9.17, 15) is 8.78 Å². The molecule has 20 heavy (non-hydrogen) atoms. The second-order valence-electron chi connectivity index (χ2n) is 4.77. The van der Waals surface area contributed by atoms with E-state index in [4.69, 9.17) is 5.84 Å². The summed E-state index contributed by atoms with van der Waals surface area (Å²) in [5.74, 6) is 4.79. The summed E-state index contributed by atoms with van der Waals surface area (Å²) in [5, 5.41) is 4.09. The van der Waals surface area contributed by atoms with Crippen LogP contribution >= 0.6 is 0 Å². The number of benzene rings is 1. The smallest absolute Gasteiger partial charge is 0.138 e. The highest BCUT2D eigenvalue weighted by Crippen LogP contribution is 2.23. The first-order valence-corrected chi connectivity index (χ1v) is 6.33.